The average Bonchev–Trinajstić information content (AvgIpc) is 3.18. The van der Waals surface area contributed by atoms with Crippen molar-refractivity contribution in [3.8, 4) is 0 Å². The molecule has 2 rings (SSSR count). The van der Waals surface area contributed by atoms with Crippen LogP contribution in [0, 0.1) is 0 Å². The van der Waals surface area contributed by atoms with Crippen LogP contribution in [-0.2, 0) is 6.18 Å². The summed E-state index contributed by atoms with van der Waals surface area (Å²) in [5.41, 5.74) is -0.843. The lowest BCUT2D eigenvalue weighted by atomic mass is 10.2. The number of amides is 1. The van der Waals surface area contributed by atoms with Crippen LogP contribution in [0.2, 0.25) is 0 Å². The van der Waals surface area contributed by atoms with Gasteiger partial charge in [-0.2, -0.15) is 13.2 Å². The zero-order chi connectivity index (χ0) is 14.0. The van der Waals surface area contributed by atoms with Gasteiger partial charge >= 0.3 is 6.18 Å². The third-order valence-electron chi connectivity index (χ3n) is 2.88. The van der Waals surface area contributed by atoms with E-state index in [4.69, 9.17) is 11.6 Å². The zero-order valence-electron chi connectivity index (χ0n) is 9.95. The van der Waals surface area contributed by atoms with Gasteiger partial charge in [0.15, 0.2) is 0 Å². The Labute approximate surface area is 113 Å². The fourth-order valence-electron chi connectivity index (χ4n) is 1.76. The number of rotatable bonds is 4. The van der Waals surface area contributed by atoms with Gasteiger partial charge in [0.25, 0.3) is 5.91 Å². The first-order valence-corrected chi connectivity index (χ1v) is 6.37. The monoisotopic (exact) mass is 292 g/mol. The van der Waals surface area contributed by atoms with Gasteiger partial charge in [-0.25, -0.2) is 0 Å². The van der Waals surface area contributed by atoms with E-state index < -0.39 is 11.7 Å². The summed E-state index contributed by atoms with van der Waals surface area (Å²) in [6, 6.07) is 2.12. The number of carbonyl (C=O) groups excluding carboxylic acids is 1. The molecule has 1 aliphatic rings. The Hall–Kier alpha value is -1.30. The second kappa shape index (κ2) is 5.36. The molecule has 1 heterocycles. The van der Waals surface area contributed by atoms with Gasteiger partial charge in [-0.3, -0.25) is 9.78 Å². The predicted octanol–water partition coefficient (Wildman–Crippen LogP) is 2.94. The summed E-state index contributed by atoms with van der Waals surface area (Å²) in [6.07, 6.45) is -1.95. The van der Waals surface area contributed by atoms with E-state index >= 15 is 0 Å². The Balaban J connectivity index is 2.14. The molecule has 1 aromatic rings. The molecule has 0 bridgehead atoms. The lowest BCUT2D eigenvalue weighted by molar-refractivity contribution is -0.137. The van der Waals surface area contributed by atoms with E-state index in [-0.39, 0.29) is 17.6 Å². The van der Waals surface area contributed by atoms with E-state index in [1.165, 1.54) is 0 Å². The van der Waals surface area contributed by atoms with Gasteiger partial charge in [-0.05, 0) is 25.0 Å². The molecule has 104 valence electrons. The number of hydrogen-bond donors (Lipinski definition) is 0. The third kappa shape index (κ3) is 3.37. The fourth-order valence-corrected chi connectivity index (χ4v) is 1.94. The maximum absolute atomic E-state index is 12.4. The number of aromatic nitrogens is 1. The first-order valence-electron chi connectivity index (χ1n) is 5.83. The Kier molecular flexibility index (Phi) is 3.99. The molecule has 0 spiro atoms. The van der Waals surface area contributed by atoms with Crippen LogP contribution in [0.25, 0.3) is 0 Å². The van der Waals surface area contributed by atoms with Gasteiger partial charge in [-0.1, -0.05) is 0 Å². The molecule has 0 radical (unpaired) electrons. The van der Waals surface area contributed by atoms with Crippen molar-refractivity contribution in [1.82, 2.24) is 9.88 Å². The molecule has 7 heteroatoms. The summed E-state index contributed by atoms with van der Waals surface area (Å²) in [5, 5.41) is 0. The number of pyridine rings is 1. The molecular weight excluding hydrogens is 281 g/mol. The van der Waals surface area contributed by atoms with Gasteiger partial charge in [0.05, 0.1) is 5.56 Å². The highest BCUT2D eigenvalue weighted by Gasteiger charge is 2.34. The first-order chi connectivity index (χ1) is 8.93. The lowest BCUT2D eigenvalue weighted by Gasteiger charge is -2.20. The van der Waals surface area contributed by atoms with Crippen LogP contribution in [0.4, 0.5) is 13.2 Å². The first kappa shape index (κ1) is 14.1. The summed E-state index contributed by atoms with van der Waals surface area (Å²) in [7, 11) is 0. The van der Waals surface area contributed by atoms with Crippen molar-refractivity contribution in [2.24, 2.45) is 0 Å². The summed E-state index contributed by atoms with van der Waals surface area (Å²) in [6.45, 7) is 0.383. The van der Waals surface area contributed by atoms with Crippen molar-refractivity contribution < 1.29 is 18.0 Å². The quantitative estimate of drug-likeness (QED) is 0.800. The van der Waals surface area contributed by atoms with Crippen LogP contribution in [-0.4, -0.2) is 34.3 Å². The van der Waals surface area contributed by atoms with E-state index in [0.29, 0.717) is 18.6 Å². The topological polar surface area (TPSA) is 33.2 Å². The molecule has 0 atom stereocenters. The second-order valence-electron chi connectivity index (χ2n) is 4.35. The molecule has 0 aliphatic heterocycles. The molecule has 0 unspecified atom stereocenters. The standard InChI is InChI=1S/C12H12ClF3N2O/c13-5-6-18(9-2-3-9)11(19)10-4-1-8(7-17-10)12(14,15)16/h1,4,7,9H,2-3,5-6H2. The maximum Gasteiger partial charge on any atom is 0.417 e. The zero-order valence-corrected chi connectivity index (χ0v) is 10.7. The third-order valence-corrected chi connectivity index (χ3v) is 3.05. The highest BCUT2D eigenvalue weighted by Crippen LogP contribution is 2.30. The van der Waals surface area contributed by atoms with Gasteiger partial charge < -0.3 is 4.90 Å². The maximum atomic E-state index is 12.4. The molecule has 0 saturated heterocycles. The Morgan fingerprint density at radius 1 is 1.42 bits per heavy atom. The highest BCUT2D eigenvalue weighted by atomic mass is 35.5. The fraction of sp³-hybridized carbons (Fsp3) is 0.500. The molecular formula is C12H12ClF3N2O. The van der Waals surface area contributed by atoms with Crippen LogP contribution in [0.5, 0.6) is 0 Å². The van der Waals surface area contributed by atoms with Crippen LogP contribution >= 0.6 is 11.6 Å². The van der Waals surface area contributed by atoms with Crippen LogP contribution < -0.4 is 0 Å². The lowest BCUT2D eigenvalue weighted by Crippen LogP contribution is -2.35. The van der Waals surface area contributed by atoms with Gasteiger partial charge in [-0.15, -0.1) is 11.6 Å². The largest absolute Gasteiger partial charge is 0.417 e. The van der Waals surface area contributed by atoms with Crippen LogP contribution in [0.3, 0.4) is 0 Å². The number of carbonyl (C=O) groups is 1. The van der Waals surface area contributed by atoms with Crippen molar-refractivity contribution in [3.05, 3.63) is 29.6 Å². The van der Waals surface area contributed by atoms with Crippen molar-refractivity contribution in [1.29, 1.82) is 0 Å². The smallest absolute Gasteiger partial charge is 0.333 e. The van der Waals surface area contributed by atoms with E-state index in [9.17, 15) is 18.0 Å². The number of alkyl halides is 4. The van der Waals surface area contributed by atoms with Crippen molar-refractivity contribution in [3.63, 3.8) is 0 Å². The van der Waals surface area contributed by atoms with Gasteiger partial charge in [0, 0.05) is 24.7 Å². The molecule has 1 fully saturated rings. The minimum atomic E-state index is -4.44. The number of halogens is 4. The molecule has 1 saturated carbocycles. The van der Waals surface area contributed by atoms with Crippen LogP contribution in [0.1, 0.15) is 28.9 Å². The van der Waals surface area contributed by atoms with Gasteiger partial charge in [0.2, 0.25) is 0 Å². The minimum absolute atomic E-state index is 0.0185. The Morgan fingerprint density at radius 2 is 2.11 bits per heavy atom. The second-order valence-corrected chi connectivity index (χ2v) is 4.73. The van der Waals surface area contributed by atoms with E-state index in [0.717, 1.165) is 25.0 Å². The molecule has 0 aromatic carbocycles. The van der Waals surface area contributed by atoms with E-state index in [1.54, 1.807) is 4.90 Å². The summed E-state index contributed by atoms with van der Waals surface area (Å²) in [5.74, 6) is -0.0695. The molecule has 1 amide bonds. The van der Waals surface area contributed by atoms with Crippen molar-refractivity contribution in [2.45, 2.75) is 25.1 Å². The number of nitrogens with zero attached hydrogens (tertiary/aromatic N) is 2. The molecule has 19 heavy (non-hydrogen) atoms. The SMILES string of the molecule is O=C(c1ccc(C(F)(F)F)cn1)N(CCCl)C1CC1. The molecule has 1 aromatic heterocycles. The predicted molar refractivity (Wildman–Crippen MR) is 64.0 cm³/mol. The summed E-state index contributed by atoms with van der Waals surface area (Å²) >= 11 is 5.62. The molecule has 1 aliphatic carbocycles. The molecule has 3 nitrogen and oxygen atoms in total. The normalized spacial score (nSPS) is 15.4. The number of hydrogen-bond acceptors (Lipinski definition) is 2. The van der Waals surface area contributed by atoms with Gasteiger partial charge in [0.1, 0.15) is 5.69 Å². The average molecular weight is 293 g/mol. The minimum Gasteiger partial charge on any atom is -0.333 e. The Morgan fingerprint density at radius 3 is 2.53 bits per heavy atom. The van der Waals surface area contributed by atoms with Crippen molar-refractivity contribution >= 4 is 17.5 Å². The summed E-state index contributed by atoms with van der Waals surface area (Å²) in [4.78, 5) is 17.3. The van der Waals surface area contributed by atoms with E-state index in [1.807, 2.05) is 0 Å². The highest BCUT2D eigenvalue weighted by molar-refractivity contribution is 6.18. The van der Waals surface area contributed by atoms with E-state index in [2.05, 4.69) is 4.98 Å². The van der Waals surface area contributed by atoms with Crippen molar-refractivity contribution in [2.75, 3.05) is 12.4 Å². The van der Waals surface area contributed by atoms with Crippen LogP contribution in [0.15, 0.2) is 18.3 Å². The molecule has 0 N–H and O–H groups in total. The Bertz CT molecular complexity index is 457. The summed E-state index contributed by atoms with van der Waals surface area (Å²) < 4.78 is 37.2.